The average molecular weight is 473 g/mol. The number of hydrogen-bond acceptors (Lipinski definition) is 4. The van der Waals surface area contributed by atoms with Crippen LogP contribution in [0.3, 0.4) is 0 Å². The SMILES string of the molecule is C[C@H](CCC(=O)O)[C@H]1CC[C@H]2[C@@H]3[C@@H](O)C[C@@H]4C[C@H](OP(=O)(O)O)CC[C@]4(C)[C@H]3CC[C@]12C. The van der Waals surface area contributed by atoms with E-state index in [4.69, 9.17) is 9.63 Å². The van der Waals surface area contributed by atoms with Crippen molar-refractivity contribution in [2.24, 2.45) is 46.3 Å². The molecule has 0 spiro atoms. The van der Waals surface area contributed by atoms with Crippen LogP contribution in [-0.2, 0) is 13.9 Å². The summed E-state index contributed by atoms with van der Waals surface area (Å²) in [6, 6.07) is 0. The Kier molecular flexibility index (Phi) is 6.66. The van der Waals surface area contributed by atoms with Gasteiger partial charge in [-0.2, -0.15) is 0 Å². The maximum atomic E-state index is 11.4. The molecule has 0 unspecified atom stereocenters. The Balaban J connectivity index is 1.51. The van der Waals surface area contributed by atoms with Crippen molar-refractivity contribution in [3.05, 3.63) is 0 Å². The van der Waals surface area contributed by atoms with E-state index in [9.17, 15) is 24.3 Å². The van der Waals surface area contributed by atoms with Gasteiger partial charge in [-0.1, -0.05) is 20.8 Å². The van der Waals surface area contributed by atoms with E-state index in [1.807, 2.05) is 0 Å². The summed E-state index contributed by atoms with van der Waals surface area (Å²) in [6.07, 6.45) is 7.41. The molecule has 0 heterocycles. The first kappa shape index (κ1) is 24.7. The van der Waals surface area contributed by atoms with Crippen molar-refractivity contribution in [3.63, 3.8) is 0 Å². The van der Waals surface area contributed by atoms with Gasteiger partial charge in [0.1, 0.15) is 0 Å². The lowest BCUT2D eigenvalue weighted by atomic mass is 9.43. The Morgan fingerprint density at radius 2 is 1.72 bits per heavy atom. The zero-order chi connectivity index (χ0) is 23.5. The van der Waals surface area contributed by atoms with Crippen molar-refractivity contribution in [2.75, 3.05) is 0 Å². The zero-order valence-electron chi connectivity index (χ0n) is 19.7. The van der Waals surface area contributed by atoms with Gasteiger partial charge in [0.25, 0.3) is 0 Å². The first-order valence-electron chi connectivity index (χ1n) is 12.5. The number of rotatable bonds is 6. The Bertz CT molecular complexity index is 767. The topological polar surface area (TPSA) is 124 Å². The summed E-state index contributed by atoms with van der Waals surface area (Å²) in [5.74, 6) is 1.56. The summed E-state index contributed by atoms with van der Waals surface area (Å²) in [7, 11) is -4.50. The summed E-state index contributed by atoms with van der Waals surface area (Å²) >= 11 is 0. The minimum absolute atomic E-state index is 0.0764. The van der Waals surface area contributed by atoms with Gasteiger partial charge in [-0.3, -0.25) is 9.32 Å². The van der Waals surface area contributed by atoms with E-state index in [1.54, 1.807) is 0 Å². The summed E-state index contributed by atoms with van der Waals surface area (Å²) in [5, 5.41) is 20.5. The molecular weight excluding hydrogens is 431 g/mol. The molecule has 4 fully saturated rings. The van der Waals surface area contributed by atoms with E-state index < -0.39 is 19.9 Å². The highest BCUT2D eigenvalue weighted by atomic mass is 31.2. The number of carboxylic acids is 1. The van der Waals surface area contributed by atoms with Crippen molar-refractivity contribution in [1.82, 2.24) is 0 Å². The van der Waals surface area contributed by atoms with E-state index >= 15 is 0 Å². The molecule has 0 aromatic heterocycles. The van der Waals surface area contributed by atoms with E-state index in [0.29, 0.717) is 42.9 Å². The number of carbonyl (C=O) groups is 1. The number of aliphatic hydroxyl groups excluding tert-OH is 1. The van der Waals surface area contributed by atoms with Crippen LogP contribution >= 0.6 is 7.82 Å². The molecule has 0 bridgehead atoms. The first-order valence-corrected chi connectivity index (χ1v) is 14.0. The van der Waals surface area contributed by atoms with Crippen LogP contribution in [-0.4, -0.2) is 38.2 Å². The third-order valence-corrected chi connectivity index (χ3v) is 11.1. The van der Waals surface area contributed by atoms with E-state index in [2.05, 4.69) is 20.8 Å². The molecule has 0 aromatic carbocycles. The molecular formula is C24H41O7P. The predicted molar refractivity (Wildman–Crippen MR) is 120 cm³/mol. The van der Waals surface area contributed by atoms with Gasteiger partial charge in [0.05, 0.1) is 12.2 Å². The normalized spacial score (nSPS) is 47.2. The molecule has 4 aliphatic rings. The third kappa shape index (κ3) is 4.33. The monoisotopic (exact) mass is 472 g/mol. The molecule has 0 aliphatic heterocycles. The lowest BCUT2D eigenvalue weighted by Crippen LogP contribution is -2.58. The second-order valence-electron chi connectivity index (χ2n) is 11.9. The molecule has 4 rings (SSSR count). The highest BCUT2D eigenvalue weighted by Crippen LogP contribution is 2.68. The highest BCUT2D eigenvalue weighted by molar-refractivity contribution is 7.46. The Morgan fingerprint density at radius 3 is 2.38 bits per heavy atom. The number of aliphatic hydroxyl groups is 1. The smallest absolute Gasteiger partial charge is 0.469 e. The fraction of sp³-hybridized carbons (Fsp3) is 0.958. The molecule has 0 radical (unpaired) electrons. The first-order chi connectivity index (χ1) is 14.8. The lowest BCUT2D eigenvalue weighted by molar-refractivity contribution is -0.173. The Hall–Kier alpha value is -0.460. The minimum Gasteiger partial charge on any atom is -0.481 e. The molecule has 0 aromatic rings. The molecule has 7 nitrogen and oxygen atoms in total. The fourth-order valence-corrected chi connectivity index (χ4v) is 9.58. The molecule has 0 amide bonds. The number of carboxylic acid groups (broad SMARTS) is 1. The fourth-order valence-electron chi connectivity index (χ4n) is 9.00. The van der Waals surface area contributed by atoms with Crippen molar-refractivity contribution < 1.29 is 33.9 Å². The summed E-state index contributed by atoms with van der Waals surface area (Å²) < 4.78 is 16.4. The van der Waals surface area contributed by atoms with Gasteiger partial charge in [-0.25, -0.2) is 4.57 Å². The molecule has 0 saturated heterocycles. The van der Waals surface area contributed by atoms with Gasteiger partial charge >= 0.3 is 13.8 Å². The van der Waals surface area contributed by atoms with Gasteiger partial charge < -0.3 is 20.0 Å². The summed E-state index contributed by atoms with van der Waals surface area (Å²) in [6.45, 7) is 6.96. The van der Waals surface area contributed by atoms with Crippen molar-refractivity contribution >= 4 is 13.8 Å². The van der Waals surface area contributed by atoms with Gasteiger partial charge in [0, 0.05) is 6.42 Å². The molecule has 4 N–H and O–H groups in total. The van der Waals surface area contributed by atoms with Gasteiger partial charge in [-0.05, 0) is 104 Å². The van der Waals surface area contributed by atoms with Crippen LogP contribution in [0.1, 0.15) is 85.0 Å². The van der Waals surface area contributed by atoms with Crippen LogP contribution in [0.4, 0.5) is 0 Å². The molecule has 10 atom stereocenters. The lowest BCUT2D eigenvalue weighted by Gasteiger charge is -2.62. The number of hydrogen-bond donors (Lipinski definition) is 4. The van der Waals surface area contributed by atoms with Crippen LogP contribution in [0.5, 0.6) is 0 Å². The standard InChI is InChI=1S/C24H41O7P/c1-14(4-7-21(26)27)17-5-6-18-22-19(9-11-24(17,18)3)23(2)10-8-16(31-32(28,29)30)12-15(23)13-20(22)25/h14-20,22,25H,4-13H2,1-3H3,(H,26,27)(H2,28,29,30)/t14-,15+,16-,17-,18+,19+,20+,22+,23+,24-/m1/s1. The largest absolute Gasteiger partial charge is 0.481 e. The summed E-state index contributed by atoms with van der Waals surface area (Å²) in [4.78, 5) is 29.6. The number of phosphoric ester groups is 1. The van der Waals surface area contributed by atoms with E-state index in [1.165, 1.54) is 0 Å². The quantitative estimate of drug-likeness (QED) is 0.417. The number of phosphoric acid groups is 1. The van der Waals surface area contributed by atoms with E-state index in [-0.39, 0.29) is 35.2 Å². The highest BCUT2D eigenvalue weighted by Gasteiger charge is 2.63. The van der Waals surface area contributed by atoms with Crippen LogP contribution in [0, 0.1) is 46.3 Å². The Morgan fingerprint density at radius 1 is 1.06 bits per heavy atom. The van der Waals surface area contributed by atoms with Crippen LogP contribution in [0.15, 0.2) is 0 Å². The number of aliphatic carboxylic acids is 1. The van der Waals surface area contributed by atoms with Crippen LogP contribution in [0.2, 0.25) is 0 Å². The molecule has 32 heavy (non-hydrogen) atoms. The van der Waals surface area contributed by atoms with Crippen molar-refractivity contribution in [2.45, 2.75) is 97.2 Å². The van der Waals surface area contributed by atoms with Crippen LogP contribution in [0.25, 0.3) is 0 Å². The van der Waals surface area contributed by atoms with Crippen LogP contribution < -0.4 is 0 Å². The van der Waals surface area contributed by atoms with Gasteiger partial charge in [0.2, 0.25) is 0 Å². The molecule has 8 heteroatoms. The minimum atomic E-state index is -4.50. The Labute approximate surface area is 191 Å². The predicted octanol–water partition coefficient (Wildman–Crippen LogP) is 4.59. The molecule has 4 aliphatic carbocycles. The van der Waals surface area contributed by atoms with E-state index in [0.717, 1.165) is 38.5 Å². The van der Waals surface area contributed by atoms with Gasteiger partial charge in [0.15, 0.2) is 0 Å². The molecule has 184 valence electrons. The second kappa shape index (κ2) is 8.64. The summed E-state index contributed by atoms with van der Waals surface area (Å²) in [5.41, 5.74) is 0.233. The second-order valence-corrected chi connectivity index (χ2v) is 13.1. The number of fused-ring (bicyclic) bond motifs is 5. The third-order valence-electron chi connectivity index (χ3n) is 10.5. The van der Waals surface area contributed by atoms with Crippen molar-refractivity contribution in [3.8, 4) is 0 Å². The molecule has 4 saturated carbocycles. The zero-order valence-corrected chi connectivity index (χ0v) is 20.5. The van der Waals surface area contributed by atoms with Gasteiger partial charge in [-0.15, -0.1) is 0 Å². The van der Waals surface area contributed by atoms with Crippen molar-refractivity contribution in [1.29, 1.82) is 0 Å². The average Bonchev–Trinajstić information content (AvgIpc) is 3.03. The maximum Gasteiger partial charge on any atom is 0.469 e. The maximum absolute atomic E-state index is 11.4.